The van der Waals surface area contributed by atoms with Crippen LogP contribution in [-0.4, -0.2) is 27.0 Å². The third-order valence-corrected chi connectivity index (χ3v) is 3.04. The highest BCUT2D eigenvalue weighted by Gasteiger charge is 2.09. The Labute approximate surface area is 102 Å². The van der Waals surface area contributed by atoms with Crippen molar-refractivity contribution in [2.45, 2.75) is 13.1 Å². The zero-order valence-electron chi connectivity index (χ0n) is 9.17. The molecule has 0 bridgehead atoms. The number of rotatable bonds is 5. The molecule has 17 heavy (non-hydrogen) atoms. The van der Waals surface area contributed by atoms with Crippen LogP contribution in [0.3, 0.4) is 0 Å². The summed E-state index contributed by atoms with van der Waals surface area (Å²) in [5.41, 5.74) is 5.87. The van der Waals surface area contributed by atoms with Gasteiger partial charge in [0.2, 0.25) is 0 Å². The fraction of sp³-hybridized carbons (Fsp3) is 0.300. The van der Waals surface area contributed by atoms with Crippen molar-refractivity contribution >= 4 is 17.2 Å². The first-order valence-corrected chi connectivity index (χ1v) is 6.06. The van der Waals surface area contributed by atoms with Gasteiger partial charge in [-0.05, 0) is 0 Å². The molecule has 0 aliphatic heterocycles. The minimum Gasteiger partial charge on any atom is -0.349 e. The summed E-state index contributed by atoms with van der Waals surface area (Å²) in [4.78, 5) is 19.7. The van der Waals surface area contributed by atoms with E-state index in [4.69, 9.17) is 5.73 Å². The van der Waals surface area contributed by atoms with Crippen LogP contribution < -0.4 is 11.1 Å². The van der Waals surface area contributed by atoms with Gasteiger partial charge in [0.05, 0.1) is 6.33 Å². The van der Waals surface area contributed by atoms with Crippen LogP contribution >= 0.6 is 11.3 Å². The summed E-state index contributed by atoms with van der Waals surface area (Å²) in [5, 5.41) is 5.28. The van der Waals surface area contributed by atoms with Gasteiger partial charge in [-0.25, -0.2) is 9.97 Å². The van der Waals surface area contributed by atoms with E-state index in [9.17, 15) is 4.79 Å². The fourth-order valence-corrected chi connectivity index (χ4v) is 1.97. The minimum atomic E-state index is -0.166. The van der Waals surface area contributed by atoms with Crippen molar-refractivity contribution in [3.05, 3.63) is 34.8 Å². The van der Waals surface area contributed by atoms with Crippen LogP contribution in [0.2, 0.25) is 0 Å². The lowest BCUT2D eigenvalue weighted by Gasteiger charge is -2.03. The summed E-state index contributed by atoms with van der Waals surface area (Å²) in [6.07, 6.45) is 5.26. The Hall–Kier alpha value is -1.73. The molecule has 2 rings (SSSR count). The Morgan fingerprint density at radius 2 is 2.47 bits per heavy atom. The molecule has 90 valence electrons. The monoisotopic (exact) mass is 251 g/mol. The van der Waals surface area contributed by atoms with Crippen molar-refractivity contribution in [2.24, 2.45) is 5.73 Å². The predicted molar refractivity (Wildman–Crippen MR) is 64.6 cm³/mol. The van der Waals surface area contributed by atoms with Crippen LogP contribution in [0.25, 0.3) is 0 Å². The average molecular weight is 251 g/mol. The zero-order valence-corrected chi connectivity index (χ0v) is 9.98. The molecule has 2 heterocycles. The summed E-state index contributed by atoms with van der Waals surface area (Å²) >= 11 is 1.40. The molecular weight excluding hydrogens is 238 g/mol. The summed E-state index contributed by atoms with van der Waals surface area (Å²) in [6.45, 7) is 1.61. The standard InChI is InChI=1S/C10H13N5OS/c11-5-9-14-8(6-17-9)10(16)13-2-4-15-3-1-12-7-15/h1,3,6-7H,2,4-5,11H2,(H,13,16). The molecule has 6 nitrogen and oxygen atoms in total. The Morgan fingerprint density at radius 1 is 1.59 bits per heavy atom. The number of thiazole rings is 1. The number of nitrogens with one attached hydrogen (secondary N) is 1. The number of amides is 1. The first-order chi connectivity index (χ1) is 8.29. The largest absolute Gasteiger partial charge is 0.349 e. The number of carbonyl (C=O) groups is 1. The van der Waals surface area contributed by atoms with E-state index in [0.29, 0.717) is 25.3 Å². The number of hydrogen-bond acceptors (Lipinski definition) is 5. The second kappa shape index (κ2) is 5.55. The van der Waals surface area contributed by atoms with Gasteiger partial charge in [0, 0.05) is 37.4 Å². The van der Waals surface area contributed by atoms with Crippen LogP contribution in [0.15, 0.2) is 24.1 Å². The van der Waals surface area contributed by atoms with E-state index in [1.165, 1.54) is 11.3 Å². The molecular formula is C10H13N5OS. The van der Waals surface area contributed by atoms with Gasteiger partial charge in [-0.3, -0.25) is 4.79 Å². The molecule has 3 N–H and O–H groups in total. The smallest absolute Gasteiger partial charge is 0.270 e. The van der Waals surface area contributed by atoms with Gasteiger partial charge in [-0.2, -0.15) is 0 Å². The van der Waals surface area contributed by atoms with Gasteiger partial charge in [-0.15, -0.1) is 11.3 Å². The highest BCUT2D eigenvalue weighted by atomic mass is 32.1. The molecule has 0 aliphatic carbocycles. The van der Waals surface area contributed by atoms with Gasteiger partial charge in [0.25, 0.3) is 5.91 Å². The molecule has 2 aromatic rings. The Kier molecular flexibility index (Phi) is 3.84. The zero-order chi connectivity index (χ0) is 12.1. The minimum absolute atomic E-state index is 0.166. The average Bonchev–Trinajstić information content (AvgIpc) is 2.99. The molecule has 0 aliphatic rings. The molecule has 2 aromatic heterocycles. The van der Waals surface area contributed by atoms with Crippen molar-refractivity contribution in [1.29, 1.82) is 0 Å². The maximum atomic E-state index is 11.7. The Balaban J connectivity index is 1.81. The van der Waals surface area contributed by atoms with Gasteiger partial charge in [0.15, 0.2) is 0 Å². The second-order valence-corrected chi connectivity index (χ2v) is 4.33. The van der Waals surface area contributed by atoms with E-state index in [0.717, 1.165) is 5.01 Å². The molecule has 0 aromatic carbocycles. The third kappa shape index (κ3) is 3.11. The molecule has 0 spiro atoms. The predicted octanol–water partition coefficient (Wildman–Crippen LogP) is 0.228. The molecule has 0 fully saturated rings. The van der Waals surface area contributed by atoms with E-state index in [2.05, 4.69) is 15.3 Å². The second-order valence-electron chi connectivity index (χ2n) is 3.39. The Bertz CT molecular complexity index is 479. The molecule has 0 saturated heterocycles. The Morgan fingerprint density at radius 3 is 3.12 bits per heavy atom. The normalized spacial score (nSPS) is 10.4. The molecule has 0 radical (unpaired) electrons. The lowest BCUT2D eigenvalue weighted by molar-refractivity contribution is 0.0948. The van der Waals surface area contributed by atoms with Crippen LogP contribution in [0.4, 0.5) is 0 Å². The van der Waals surface area contributed by atoms with Crippen molar-refractivity contribution in [3.63, 3.8) is 0 Å². The number of hydrogen-bond donors (Lipinski definition) is 2. The third-order valence-electron chi connectivity index (χ3n) is 2.17. The van der Waals surface area contributed by atoms with E-state index in [-0.39, 0.29) is 5.91 Å². The summed E-state index contributed by atoms with van der Waals surface area (Å²) in [7, 11) is 0. The summed E-state index contributed by atoms with van der Waals surface area (Å²) in [6, 6.07) is 0. The van der Waals surface area contributed by atoms with Crippen molar-refractivity contribution in [2.75, 3.05) is 6.54 Å². The fourth-order valence-electron chi connectivity index (χ4n) is 1.32. The number of nitrogens with two attached hydrogens (primary N) is 1. The van der Waals surface area contributed by atoms with Gasteiger partial charge < -0.3 is 15.6 Å². The van der Waals surface area contributed by atoms with Gasteiger partial charge in [0.1, 0.15) is 10.7 Å². The van der Waals surface area contributed by atoms with Gasteiger partial charge >= 0.3 is 0 Å². The van der Waals surface area contributed by atoms with Crippen molar-refractivity contribution < 1.29 is 4.79 Å². The molecule has 0 atom stereocenters. The number of aromatic nitrogens is 3. The maximum Gasteiger partial charge on any atom is 0.270 e. The molecule has 7 heteroatoms. The lowest BCUT2D eigenvalue weighted by atomic mass is 10.4. The number of imidazole rings is 1. The van der Waals surface area contributed by atoms with E-state index in [1.807, 2.05) is 10.8 Å². The summed E-state index contributed by atoms with van der Waals surface area (Å²) in [5.74, 6) is -0.166. The first-order valence-electron chi connectivity index (χ1n) is 5.18. The molecule has 0 saturated carbocycles. The lowest BCUT2D eigenvalue weighted by Crippen LogP contribution is -2.27. The van der Waals surface area contributed by atoms with Crippen LogP contribution in [0.5, 0.6) is 0 Å². The highest BCUT2D eigenvalue weighted by molar-refractivity contribution is 7.09. The topological polar surface area (TPSA) is 85.8 Å². The van der Waals surface area contributed by atoms with Crippen LogP contribution in [-0.2, 0) is 13.1 Å². The van der Waals surface area contributed by atoms with Gasteiger partial charge in [-0.1, -0.05) is 0 Å². The van der Waals surface area contributed by atoms with E-state index >= 15 is 0 Å². The molecule has 0 unspecified atom stereocenters. The van der Waals surface area contributed by atoms with E-state index < -0.39 is 0 Å². The quantitative estimate of drug-likeness (QED) is 0.796. The number of nitrogens with zero attached hydrogens (tertiary/aromatic N) is 3. The summed E-state index contributed by atoms with van der Waals surface area (Å²) < 4.78 is 1.90. The number of carbonyl (C=O) groups excluding carboxylic acids is 1. The SMILES string of the molecule is NCc1nc(C(=O)NCCn2ccnc2)cs1. The highest BCUT2D eigenvalue weighted by Crippen LogP contribution is 2.08. The van der Waals surface area contributed by atoms with Crippen LogP contribution in [0, 0.1) is 0 Å². The molecule has 1 amide bonds. The maximum absolute atomic E-state index is 11.7. The van der Waals surface area contributed by atoms with Crippen molar-refractivity contribution in [3.8, 4) is 0 Å². The van der Waals surface area contributed by atoms with Crippen LogP contribution in [0.1, 0.15) is 15.5 Å². The van der Waals surface area contributed by atoms with E-state index in [1.54, 1.807) is 17.9 Å². The first kappa shape index (κ1) is 11.7. The van der Waals surface area contributed by atoms with Crippen molar-refractivity contribution in [1.82, 2.24) is 19.9 Å².